The number of rotatable bonds is 2. The van der Waals surface area contributed by atoms with Crippen LogP contribution in [0.5, 0.6) is 0 Å². The Morgan fingerprint density at radius 3 is 2.70 bits per heavy atom. The molecule has 20 heavy (non-hydrogen) atoms. The Morgan fingerprint density at radius 1 is 1.40 bits per heavy atom. The number of hydrogen-bond acceptors (Lipinski definition) is 3. The highest BCUT2D eigenvalue weighted by molar-refractivity contribution is 9.10. The van der Waals surface area contributed by atoms with E-state index in [9.17, 15) is 8.42 Å². The van der Waals surface area contributed by atoms with Crippen molar-refractivity contribution in [3.05, 3.63) is 21.6 Å². The van der Waals surface area contributed by atoms with Crippen LogP contribution in [0.2, 0.25) is 5.02 Å². The van der Waals surface area contributed by atoms with Crippen molar-refractivity contribution in [3.8, 4) is 0 Å². The van der Waals surface area contributed by atoms with Crippen LogP contribution in [0.25, 0.3) is 0 Å². The molecule has 112 valence electrons. The van der Waals surface area contributed by atoms with E-state index in [1.165, 1.54) is 12.1 Å². The Kier molecular flexibility index (Phi) is 4.69. The number of nitrogens with two attached hydrogens (primary N) is 1. The minimum Gasteiger partial charge on any atom is -0.398 e. The summed E-state index contributed by atoms with van der Waals surface area (Å²) >= 11 is 9.21. The molecule has 2 atom stereocenters. The van der Waals surface area contributed by atoms with E-state index in [1.54, 1.807) is 4.31 Å². The number of sulfonamides is 1. The molecule has 1 aliphatic heterocycles. The molecule has 1 aliphatic rings. The first-order chi connectivity index (χ1) is 9.25. The van der Waals surface area contributed by atoms with Crippen molar-refractivity contribution in [2.45, 2.75) is 37.6 Å². The molecule has 4 nitrogen and oxygen atoms in total. The van der Waals surface area contributed by atoms with Crippen molar-refractivity contribution >= 4 is 43.2 Å². The van der Waals surface area contributed by atoms with E-state index >= 15 is 0 Å². The predicted octanol–water partition coefficient (Wildman–Crippen LogP) is 3.49. The smallest absolute Gasteiger partial charge is 0.244 e. The van der Waals surface area contributed by atoms with Gasteiger partial charge in [-0.1, -0.05) is 18.5 Å². The SMILES string of the molecule is CC1CCCN(S(=O)(=O)c2cc(Cl)cc(N)c2Br)C1C. The predicted molar refractivity (Wildman–Crippen MR) is 85.3 cm³/mol. The number of hydrogen-bond donors (Lipinski definition) is 1. The molecule has 0 saturated carbocycles. The first-order valence-corrected chi connectivity index (χ1v) is 9.12. The summed E-state index contributed by atoms with van der Waals surface area (Å²) in [4.78, 5) is 0.142. The summed E-state index contributed by atoms with van der Waals surface area (Å²) in [5.41, 5.74) is 6.12. The molecule has 0 radical (unpaired) electrons. The zero-order valence-electron chi connectivity index (χ0n) is 11.4. The van der Waals surface area contributed by atoms with Crippen LogP contribution >= 0.6 is 27.5 Å². The fourth-order valence-corrected chi connectivity index (χ4v) is 5.56. The third-order valence-electron chi connectivity index (χ3n) is 3.93. The van der Waals surface area contributed by atoms with E-state index in [0.29, 0.717) is 27.6 Å². The van der Waals surface area contributed by atoms with Crippen LogP contribution in [0.1, 0.15) is 26.7 Å². The molecule has 1 heterocycles. The monoisotopic (exact) mass is 380 g/mol. The summed E-state index contributed by atoms with van der Waals surface area (Å²) in [6.07, 6.45) is 1.92. The molecular weight excluding hydrogens is 364 g/mol. The molecule has 1 aromatic rings. The van der Waals surface area contributed by atoms with E-state index in [4.69, 9.17) is 17.3 Å². The van der Waals surface area contributed by atoms with Crippen molar-refractivity contribution in [2.75, 3.05) is 12.3 Å². The second-order valence-corrected chi connectivity index (χ2v) is 8.37. The number of benzene rings is 1. The van der Waals surface area contributed by atoms with Gasteiger partial charge in [0, 0.05) is 23.3 Å². The topological polar surface area (TPSA) is 63.4 Å². The van der Waals surface area contributed by atoms with Crippen LogP contribution in [0.3, 0.4) is 0 Å². The van der Waals surface area contributed by atoms with E-state index in [0.717, 1.165) is 12.8 Å². The summed E-state index contributed by atoms with van der Waals surface area (Å²) in [7, 11) is -3.60. The molecule has 0 bridgehead atoms. The maximum absolute atomic E-state index is 12.9. The van der Waals surface area contributed by atoms with Gasteiger partial charge in [0.1, 0.15) is 0 Å². The van der Waals surface area contributed by atoms with Gasteiger partial charge < -0.3 is 5.73 Å². The van der Waals surface area contributed by atoms with Gasteiger partial charge in [-0.05, 0) is 53.7 Å². The van der Waals surface area contributed by atoms with Gasteiger partial charge in [0.2, 0.25) is 10.0 Å². The number of anilines is 1. The fourth-order valence-electron chi connectivity index (χ4n) is 2.54. The highest BCUT2D eigenvalue weighted by atomic mass is 79.9. The van der Waals surface area contributed by atoms with Crippen LogP contribution in [0, 0.1) is 5.92 Å². The lowest BCUT2D eigenvalue weighted by atomic mass is 9.94. The van der Waals surface area contributed by atoms with Crippen molar-refractivity contribution in [1.29, 1.82) is 0 Å². The second-order valence-electron chi connectivity index (χ2n) is 5.28. The van der Waals surface area contributed by atoms with Crippen LogP contribution in [0.15, 0.2) is 21.5 Å². The quantitative estimate of drug-likeness (QED) is 0.798. The minimum absolute atomic E-state index is 0.0270. The summed E-state index contributed by atoms with van der Waals surface area (Å²) in [5.74, 6) is 0.342. The molecule has 0 amide bonds. The summed E-state index contributed by atoms with van der Waals surface area (Å²) in [6.45, 7) is 4.56. The van der Waals surface area contributed by atoms with Crippen LogP contribution in [-0.4, -0.2) is 25.3 Å². The number of nitrogen functional groups attached to an aromatic ring is 1. The van der Waals surface area contributed by atoms with Gasteiger partial charge in [0.05, 0.1) is 9.37 Å². The minimum atomic E-state index is -3.60. The third-order valence-corrected chi connectivity index (χ3v) is 7.31. The normalized spacial score (nSPS) is 24.8. The molecule has 0 aromatic heterocycles. The molecule has 2 rings (SSSR count). The van der Waals surface area contributed by atoms with E-state index in [-0.39, 0.29) is 10.9 Å². The Balaban J connectivity index is 2.50. The molecule has 2 N–H and O–H groups in total. The van der Waals surface area contributed by atoms with Gasteiger partial charge in [-0.2, -0.15) is 4.31 Å². The first-order valence-electron chi connectivity index (χ1n) is 6.51. The van der Waals surface area contributed by atoms with Gasteiger partial charge in [-0.3, -0.25) is 0 Å². The molecule has 2 unspecified atom stereocenters. The zero-order chi connectivity index (χ0) is 15.1. The summed E-state index contributed by atoms with van der Waals surface area (Å²) in [6, 6.07) is 2.96. The lowest BCUT2D eigenvalue weighted by molar-refractivity contribution is 0.202. The Bertz CT molecular complexity index is 621. The molecular formula is C13H18BrClN2O2S. The molecule has 7 heteroatoms. The van der Waals surface area contributed by atoms with Gasteiger partial charge in [-0.15, -0.1) is 0 Å². The van der Waals surface area contributed by atoms with Gasteiger partial charge >= 0.3 is 0 Å². The van der Waals surface area contributed by atoms with Gasteiger partial charge in [-0.25, -0.2) is 8.42 Å². The first kappa shape index (κ1) is 16.1. The van der Waals surface area contributed by atoms with Crippen LogP contribution in [-0.2, 0) is 10.0 Å². The lowest BCUT2D eigenvalue weighted by Gasteiger charge is -2.37. The third kappa shape index (κ3) is 2.84. The van der Waals surface area contributed by atoms with Crippen LogP contribution < -0.4 is 5.73 Å². The average molecular weight is 382 g/mol. The molecule has 1 saturated heterocycles. The Hall–Kier alpha value is -0.300. The number of halogens is 2. The maximum Gasteiger partial charge on any atom is 0.244 e. The highest BCUT2D eigenvalue weighted by Crippen LogP contribution is 2.36. The Morgan fingerprint density at radius 2 is 2.05 bits per heavy atom. The highest BCUT2D eigenvalue weighted by Gasteiger charge is 2.36. The van der Waals surface area contributed by atoms with Crippen LogP contribution in [0.4, 0.5) is 5.69 Å². The number of piperidine rings is 1. The number of nitrogens with zero attached hydrogens (tertiary/aromatic N) is 1. The van der Waals surface area contributed by atoms with Gasteiger partial charge in [0.15, 0.2) is 0 Å². The maximum atomic E-state index is 12.9. The lowest BCUT2D eigenvalue weighted by Crippen LogP contribution is -2.46. The molecule has 1 fully saturated rings. The average Bonchev–Trinajstić information content (AvgIpc) is 2.36. The second kappa shape index (κ2) is 5.83. The molecule has 0 spiro atoms. The van der Waals surface area contributed by atoms with E-state index in [1.807, 2.05) is 6.92 Å². The molecule has 1 aromatic carbocycles. The summed E-state index contributed by atoms with van der Waals surface area (Å²) < 4.78 is 27.6. The largest absolute Gasteiger partial charge is 0.398 e. The Labute approximate surface area is 133 Å². The van der Waals surface area contributed by atoms with Crippen molar-refractivity contribution in [3.63, 3.8) is 0 Å². The zero-order valence-corrected chi connectivity index (χ0v) is 14.6. The summed E-state index contributed by atoms with van der Waals surface area (Å²) in [5, 5.41) is 0.321. The fraction of sp³-hybridized carbons (Fsp3) is 0.538. The van der Waals surface area contributed by atoms with Crippen molar-refractivity contribution < 1.29 is 8.42 Å². The van der Waals surface area contributed by atoms with E-state index < -0.39 is 10.0 Å². The van der Waals surface area contributed by atoms with E-state index in [2.05, 4.69) is 22.9 Å². The standard InChI is InChI=1S/C13H18BrClN2O2S/c1-8-4-3-5-17(9(8)2)20(18,19)12-7-10(15)6-11(16)13(12)14/h6-9H,3-5,16H2,1-2H3. The van der Waals surface area contributed by atoms with Crippen molar-refractivity contribution in [1.82, 2.24) is 4.31 Å². The molecule has 0 aliphatic carbocycles. The van der Waals surface area contributed by atoms with Gasteiger partial charge in [0.25, 0.3) is 0 Å². The van der Waals surface area contributed by atoms with Crippen molar-refractivity contribution in [2.24, 2.45) is 5.92 Å².